The Labute approximate surface area is 149 Å². The van der Waals surface area contributed by atoms with Crippen LogP contribution in [0, 0.1) is 0 Å². The van der Waals surface area contributed by atoms with Crippen molar-refractivity contribution in [3.63, 3.8) is 0 Å². The predicted octanol–water partition coefficient (Wildman–Crippen LogP) is 3.06. The molecule has 0 aliphatic carbocycles. The molecule has 1 amide bonds. The van der Waals surface area contributed by atoms with Crippen molar-refractivity contribution in [3.05, 3.63) is 62.2 Å². The van der Waals surface area contributed by atoms with Gasteiger partial charge in [-0.2, -0.15) is 5.10 Å². The van der Waals surface area contributed by atoms with Crippen LogP contribution in [0.1, 0.15) is 35.5 Å². The summed E-state index contributed by atoms with van der Waals surface area (Å²) in [4.78, 5) is 28.3. The number of hydrogen-bond acceptors (Lipinski definition) is 4. The van der Waals surface area contributed by atoms with Crippen LogP contribution in [0.5, 0.6) is 0 Å². The molecule has 1 aromatic carbocycles. The number of hydrogen-bond donors (Lipinski definition) is 1. The quantitative estimate of drug-likeness (QED) is 0.787. The molecule has 1 N–H and O–H groups in total. The predicted molar refractivity (Wildman–Crippen MR) is 98.8 cm³/mol. The molecule has 1 aliphatic heterocycles. The summed E-state index contributed by atoms with van der Waals surface area (Å²) < 4.78 is 0. The van der Waals surface area contributed by atoms with Gasteiger partial charge in [0.15, 0.2) is 0 Å². The van der Waals surface area contributed by atoms with Crippen molar-refractivity contribution in [1.29, 1.82) is 0 Å². The number of aromatic amines is 1. The third-order valence-corrected chi connectivity index (χ3v) is 5.89. The third kappa shape index (κ3) is 2.76. The van der Waals surface area contributed by atoms with E-state index in [9.17, 15) is 9.59 Å². The zero-order valence-corrected chi connectivity index (χ0v) is 14.8. The highest BCUT2D eigenvalue weighted by Crippen LogP contribution is 2.35. The summed E-state index contributed by atoms with van der Waals surface area (Å²) in [6, 6.07) is 9.57. The van der Waals surface area contributed by atoms with E-state index >= 15 is 0 Å². The number of rotatable bonds is 3. The van der Waals surface area contributed by atoms with E-state index in [-0.39, 0.29) is 23.9 Å². The number of carbonyl (C=O) groups is 1. The second-order valence-electron chi connectivity index (χ2n) is 6.28. The van der Waals surface area contributed by atoms with Crippen LogP contribution in [-0.2, 0) is 17.6 Å². The third-order valence-electron chi connectivity index (χ3n) is 4.90. The Morgan fingerprint density at radius 2 is 2.12 bits per heavy atom. The first kappa shape index (κ1) is 16.0. The lowest BCUT2D eigenvalue weighted by atomic mass is 9.97. The Morgan fingerprint density at radius 3 is 2.92 bits per heavy atom. The van der Waals surface area contributed by atoms with Crippen molar-refractivity contribution in [2.75, 3.05) is 6.54 Å². The van der Waals surface area contributed by atoms with Crippen LogP contribution in [0.25, 0.3) is 10.8 Å². The Hall–Kier alpha value is -2.47. The number of thiophene rings is 1. The molecule has 3 heterocycles. The molecule has 25 heavy (non-hydrogen) atoms. The summed E-state index contributed by atoms with van der Waals surface area (Å²) in [5, 5.41) is 10.1. The zero-order chi connectivity index (χ0) is 17.4. The molecule has 1 aliphatic rings. The molecule has 6 heteroatoms. The SMILES string of the molecule is CC[C@@H]1c2ccsc2CCN1C(=O)Cc1n[nH]c(=O)c2ccccc12. The minimum absolute atomic E-state index is 0.0633. The molecule has 4 rings (SSSR count). The van der Waals surface area contributed by atoms with E-state index in [0.29, 0.717) is 11.1 Å². The second-order valence-corrected chi connectivity index (χ2v) is 7.28. The molecule has 1 atom stereocenters. The second kappa shape index (κ2) is 6.44. The molecule has 0 radical (unpaired) electrons. The minimum Gasteiger partial charge on any atom is -0.335 e. The molecule has 0 saturated heterocycles. The first-order valence-electron chi connectivity index (χ1n) is 8.51. The number of carbonyl (C=O) groups excluding carboxylic acids is 1. The van der Waals surface area contributed by atoms with Crippen LogP contribution in [0.3, 0.4) is 0 Å². The Kier molecular flexibility index (Phi) is 4.13. The van der Waals surface area contributed by atoms with Gasteiger partial charge in [0.05, 0.1) is 23.5 Å². The normalized spacial score (nSPS) is 16.8. The van der Waals surface area contributed by atoms with Gasteiger partial charge in [0.1, 0.15) is 0 Å². The van der Waals surface area contributed by atoms with Gasteiger partial charge in [-0.15, -0.1) is 11.3 Å². The van der Waals surface area contributed by atoms with Crippen LogP contribution in [0.15, 0.2) is 40.5 Å². The standard InChI is InChI=1S/C19H19N3O2S/c1-2-16-14-8-10-25-17(14)7-9-22(16)18(23)11-15-12-5-3-4-6-13(12)19(24)21-20-15/h3-6,8,10,16H,2,7,9,11H2,1H3,(H,21,24)/t16-/m1/s1. The van der Waals surface area contributed by atoms with Crippen molar-refractivity contribution >= 4 is 28.0 Å². The van der Waals surface area contributed by atoms with Gasteiger partial charge in [0, 0.05) is 16.8 Å². The monoisotopic (exact) mass is 353 g/mol. The zero-order valence-electron chi connectivity index (χ0n) is 14.0. The summed E-state index contributed by atoms with van der Waals surface area (Å²) in [6.07, 6.45) is 2.01. The maximum Gasteiger partial charge on any atom is 0.272 e. The fraction of sp³-hybridized carbons (Fsp3) is 0.316. The van der Waals surface area contributed by atoms with E-state index in [2.05, 4.69) is 28.6 Å². The highest BCUT2D eigenvalue weighted by Gasteiger charge is 2.30. The summed E-state index contributed by atoms with van der Waals surface area (Å²) >= 11 is 1.78. The van der Waals surface area contributed by atoms with Gasteiger partial charge >= 0.3 is 0 Å². The highest BCUT2D eigenvalue weighted by atomic mass is 32.1. The smallest absolute Gasteiger partial charge is 0.272 e. The number of benzene rings is 1. The van der Waals surface area contributed by atoms with Crippen molar-refractivity contribution in [3.8, 4) is 0 Å². The number of nitrogens with one attached hydrogen (secondary N) is 1. The van der Waals surface area contributed by atoms with Crippen LogP contribution in [0.4, 0.5) is 0 Å². The molecule has 3 aromatic rings. The lowest BCUT2D eigenvalue weighted by Crippen LogP contribution is -2.40. The molecule has 0 spiro atoms. The molecular formula is C19H19N3O2S. The minimum atomic E-state index is -0.223. The fourth-order valence-corrected chi connectivity index (χ4v) is 4.61. The average Bonchev–Trinajstić information content (AvgIpc) is 3.12. The van der Waals surface area contributed by atoms with Crippen LogP contribution in [0.2, 0.25) is 0 Å². The van der Waals surface area contributed by atoms with Crippen molar-refractivity contribution in [1.82, 2.24) is 15.1 Å². The summed E-state index contributed by atoms with van der Waals surface area (Å²) in [5.41, 5.74) is 1.69. The first-order chi connectivity index (χ1) is 12.2. The fourth-order valence-electron chi connectivity index (χ4n) is 3.69. The molecule has 2 aromatic heterocycles. The lowest BCUT2D eigenvalue weighted by molar-refractivity contribution is -0.133. The van der Waals surface area contributed by atoms with Crippen molar-refractivity contribution < 1.29 is 4.79 Å². The molecule has 0 saturated carbocycles. The van der Waals surface area contributed by atoms with Crippen LogP contribution >= 0.6 is 11.3 Å². The topological polar surface area (TPSA) is 66.1 Å². The van der Waals surface area contributed by atoms with E-state index in [1.165, 1.54) is 10.4 Å². The number of fused-ring (bicyclic) bond motifs is 2. The average molecular weight is 353 g/mol. The molecule has 5 nitrogen and oxygen atoms in total. The van der Waals surface area contributed by atoms with Gasteiger partial charge in [0.2, 0.25) is 5.91 Å². The number of aromatic nitrogens is 2. The molecule has 0 unspecified atom stereocenters. The molecule has 128 valence electrons. The highest BCUT2D eigenvalue weighted by molar-refractivity contribution is 7.10. The van der Waals surface area contributed by atoms with Crippen molar-refractivity contribution in [2.24, 2.45) is 0 Å². The summed E-state index contributed by atoms with van der Waals surface area (Å²) in [6.45, 7) is 2.86. The van der Waals surface area contributed by atoms with E-state index in [1.807, 2.05) is 23.1 Å². The van der Waals surface area contributed by atoms with Gasteiger partial charge < -0.3 is 4.90 Å². The van der Waals surface area contributed by atoms with E-state index in [1.54, 1.807) is 17.4 Å². The summed E-state index contributed by atoms with van der Waals surface area (Å²) in [5.74, 6) is 0.0633. The Morgan fingerprint density at radius 1 is 1.32 bits per heavy atom. The van der Waals surface area contributed by atoms with Gasteiger partial charge in [-0.05, 0) is 35.9 Å². The summed E-state index contributed by atoms with van der Waals surface area (Å²) in [7, 11) is 0. The number of nitrogens with zero attached hydrogens (tertiary/aromatic N) is 2. The maximum atomic E-state index is 13.0. The van der Waals surface area contributed by atoms with Gasteiger partial charge in [-0.25, -0.2) is 5.10 Å². The van der Waals surface area contributed by atoms with Gasteiger partial charge in [-0.1, -0.05) is 25.1 Å². The van der Waals surface area contributed by atoms with E-state index < -0.39 is 0 Å². The molecule has 0 fully saturated rings. The number of amides is 1. The number of H-pyrrole nitrogens is 1. The van der Waals surface area contributed by atoms with Crippen LogP contribution < -0.4 is 5.56 Å². The van der Waals surface area contributed by atoms with E-state index in [0.717, 1.165) is 24.8 Å². The van der Waals surface area contributed by atoms with Crippen LogP contribution in [-0.4, -0.2) is 27.5 Å². The Bertz CT molecular complexity index is 991. The molecular weight excluding hydrogens is 334 g/mol. The van der Waals surface area contributed by atoms with Gasteiger partial charge in [0.25, 0.3) is 5.56 Å². The van der Waals surface area contributed by atoms with Gasteiger partial charge in [-0.3, -0.25) is 9.59 Å². The Balaban J connectivity index is 1.65. The maximum absolute atomic E-state index is 13.0. The first-order valence-corrected chi connectivity index (χ1v) is 9.39. The van der Waals surface area contributed by atoms with E-state index in [4.69, 9.17) is 0 Å². The lowest BCUT2D eigenvalue weighted by Gasteiger charge is -2.35. The van der Waals surface area contributed by atoms with Crippen molar-refractivity contribution in [2.45, 2.75) is 32.2 Å². The largest absolute Gasteiger partial charge is 0.335 e. The molecule has 0 bridgehead atoms.